The molecule has 0 aliphatic rings. The fraction of sp³-hybridized carbons (Fsp3) is 0.0909. The van der Waals surface area contributed by atoms with Crippen molar-refractivity contribution in [3.05, 3.63) is 84.6 Å². The lowest BCUT2D eigenvalue weighted by Crippen LogP contribution is -2.00. The van der Waals surface area contributed by atoms with Crippen molar-refractivity contribution in [2.45, 2.75) is 6.54 Å². The Hall–Kier alpha value is -3.20. The number of benzene rings is 3. The van der Waals surface area contributed by atoms with Crippen LogP contribution in [0.4, 0.5) is 5.69 Å². The second kappa shape index (κ2) is 6.73. The molecule has 0 bridgehead atoms. The standard InChI is InChI=1S/C22H19NO2/c1-24-17-12-10-16(11-13-17)14-23-21-8-4-2-6-18(21)20-15-25-22-9-5-3-7-19(20)22/h2-13,15,23H,14H2,1H3. The molecule has 3 aromatic carbocycles. The fourth-order valence-electron chi connectivity index (χ4n) is 3.00. The highest BCUT2D eigenvalue weighted by atomic mass is 16.5. The Morgan fingerprint density at radius 1 is 0.840 bits per heavy atom. The van der Waals surface area contributed by atoms with Gasteiger partial charge in [-0.1, -0.05) is 48.5 Å². The van der Waals surface area contributed by atoms with Gasteiger partial charge in [-0.25, -0.2) is 0 Å². The highest BCUT2D eigenvalue weighted by molar-refractivity contribution is 5.97. The van der Waals surface area contributed by atoms with Gasteiger partial charge in [0.1, 0.15) is 11.3 Å². The lowest BCUT2D eigenvalue weighted by atomic mass is 10.0. The van der Waals surface area contributed by atoms with E-state index in [1.807, 2.05) is 42.7 Å². The van der Waals surface area contributed by atoms with Gasteiger partial charge in [0.05, 0.1) is 13.4 Å². The molecule has 124 valence electrons. The minimum Gasteiger partial charge on any atom is -0.497 e. The molecule has 4 rings (SSSR count). The second-order valence-corrected chi connectivity index (χ2v) is 5.89. The Morgan fingerprint density at radius 3 is 2.44 bits per heavy atom. The third kappa shape index (κ3) is 3.09. The molecule has 4 aromatic rings. The zero-order valence-electron chi connectivity index (χ0n) is 14.0. The average Bonchev–Trinajstić information content (AvgIpc) is 3.11. The van der Waals surface area contributed by atoms with Gasteiger partial charge in [-0.2, -0.15) is 0 Å². The van der Waals surface area contributed by atoms with E-state index in [-0.39, 0.29) is 0 Å². The molecule has 0 aliphatic heterocycles. The Labute approximate surface area is 146 Å². The molecule has 1 heterocycles. The number of anilines is 1. The van der Waals surface area contributed by atoms with Gasteiger partial charge >= 0.3 is 0 Å². The molecule has 0 spiro atoms. The van der Waals surface area contributed by atoms with E-state index in [2.05, 4.69) is 41.7 Å². The van der Waals surface area contributed by atoms with E-state index < -0.39 is 0 Å². The molecule has 0 unspecified atom stereocenters. The SMILES string of the molecule is COc1ccc(CNc2ccccc2-c2coc3ccccc23)cc1. The molecule has 3 heteroatoms. The maximum Gasteiger partial charge on any atom is 0.134 e. The summed E-state index contributed by atoms with van der Waals surface area (Å²) in [6.07, 6.45) is 1.83. The van der Waals surface area contributed by atoms with Crippen LogP contribution >= 0.6 is 0 Å². The largest absolute Gasteiger partial charge is 0.497 e. The highest BCUT2D eigenvalue weighted by Crippen LogP contribution is 2.35. The first-order valence-corrected chi connectivity index (χ1v) is 8.27. The Kier molecular flexibility index (Phi) is 4.13. The van der Waals surface area contributed by atoms with Crippen LogP contribution in [0.3, 0.4) is 0 Å². The van der Waals surface area contributed by atoms with Crippen molar-refractivity contribution < 1.29 is 9.15 Å². The summed E-state index contributed by atoms with van der Waals surface area (Å²) in [5.74, 6) is 0.869. The van der Waals surface area contributed by atoms with Crippen LogP contribution in [-0.4, -0.2) is 7.11 Å². The summed E-state index contributed by atoms with van der Waals surface area (Å²) in [6, 6.07) is 24.5. The minimum atomic E-state index is 0.747. The summed E-state index contributed by atoms with van der Waals surface area (Å²) in [4.78, 5) is 0. The summed E-state index contributed by atoms with van der Waals surface area (Å²) in [6.45, 7) is 0.747. The van der Waals surface area contributed by atoms with E-state index in [4.69, 9.17) is 9.15 Å². The van der Waals surface area contributed by atoms with Gasteiger partial charge in [0, 0.05) is 28.7 Å². The van der Waals surface area contributed by atoms with E-state index in [1.54, 1.807) is 7.11 Å². The second-order valence-electron chi connectivity index (χ2n) is 5.89. The molecular weight excluding hydrogens is 310 g/mol. The van der Waals surface area contributed by atoms with Gasteiger partial charge < -0.3 is 14.5 Å². The van der Waals surface area contributed by atoms with Crippen LogP contribution in [0.25, 0.3) is 22.1 Å². The lowest BCUT2D eigenvalue weighted by molar-refractivity contribution is 0.414. The Bertz CT molecular complexity index is 986. The van der Waals surface area contributed by atoms with Crippen LogP contribution in [0.2, 0.25) is 0 Å². The van der Waals surface area contributed by atoms with E-state index in [0.29, 0.717) is 0 Å². The third-order valence-corrected chi connectivity index (χ3v) is 4.34. The van der Waals surface area contributed by atoms with Crippen LogP contribution in [0.15, 0.2) is 83.5 Å². The average molecular weight is 329 g/mol. The topological polar surface area (TPSA) is 34.4 Å². The van der Waals surface area contributed by atoms with E-state index >= 15 is 0 Å². The van der Waals surface area contributed by atoms with E-state index in [0.717, 1.165) is 40.1 Å². The van der Waals surface area contributed by atoms with E-state index in [9.17, 15) is 0 Å². The van der Waals surface area contributed by atoms with Crippen LogP contribution in [0.5, 0.6) is 5.75 Å². The van der Waals surface area contributed by atoms with Crippen molar-refractivity contribution in [3.8, 4) is 16.9 Å². The van der Waals surface area contributed by atoms with Gasteiger partial charge in [0.15, 0.2) is 0 Å². The van der Waals surface area contributed by atoms with Crippen molar-refractivity contribution in [2.24, 2.45) is 0 Å². The predicted molar refractivity (Wildman–Crippen MR) is 102 cm³/mol. The van der Waals surface area contributed by atoms with Crippen molar-refractivity contribution >= 4 is 16.7 Å². The predicted octanol–water partition coefficient (Wildman–Crippen LogP) is 5.72. The highest BCUT2D eigenvalue weighted by Gasteiger charge is 2.11. The smallest absolute Gasteiger partial charge is 0.134 e. The molecule has 3 nitrogen and oxygen atoms in total. The number of nitrogens with one attached hydrogen (secondary N) is 1. The molecule has 1 aromatic heterocycles. The van der Waals surface area contributed by atoms with Crippen molar-refractivity contribution in [1.82, 2.24) is 0 Å². The van der Waals surface area contributed by atoms with Gasteiger partial charge in [-0.15, -0.1) is 0 Å². The summed E-state index contributed by atoms with van der Waals surface area (Å²) >= 11 is 0. The molecule has 0 saturated carbocycles. The Balaban J connectivity index is 1.62. The molecule has 0 saturated heterocycles. The summed E-state index contributed by atoms with van der Waals surface area (Å²) in [7, 11) is 1.68. The molecule has 0 fully saturated rings. The van der Waals surface area contributed by atoms with Crippen LogP contribution in [0, 0.1) is 0 Å². The van der Waals surface area contributed by atoms with Gasteiger partial charge in [-0.3, -0.25) is 0 Å². The van der Waals surface area contributed by atoms with Crippen molar-refractivity contribution in [2.75, 3.05) is 12.4 Å². The van der Waals surface area contributed by atoms with Crippen LogP contribution < -0.4 is 10.1 Å². The van der Waals surface area contributed by atoms with Gasteiger partial charge in [0.25, 0.3) is 0 Å². The maximum atomic E-state index is 5.71. The molecule has 0 radical (unpaired) electrons. The molecule has 1 N–H and O–H groups in total. The fourth-order valence-corrected chi connectivity index (χ4v) is 3.00. The third-order valence-electron chi connectivity index (χ3n) is 4.34. The van der Waals surface area contributed by atoms with Crippen molar-refractivity contribution in [3.63, 3.8) is 0 Å². The minimum absolute atomic E-state index is 0.747. The quantitative estimate of drug-likeness (QED) is 0.508. The number of hydrogen-bond acceptors (Lipinski definition) is 3. The number of para-hydroxylation sites is 2. The summed E-state index contributed by atoms with van der Waals surface area (Å²) < 4.78 is 10.9. The lowest BCUT2D eigenvalue weighted by Gasteiger charge is -2.12. The number of ether oxygens (including phenoxy) is 1. The number of rotatable bonds is 5. The number of fused-ring (bicyclic) bond motifs is 1. The summed E-state index contributed by atoms with van der Waals surface area (Å²) in [5, 5.41) is 4.66. The van der Waals surface area contributed by atoms with Gasteiger partial charge in [-0.05, 0) is 29.8 Å². The Morgan fingerprint density at radius 2 is 1.60 bits per heavy atom. The zero-order chi connectivity index (χ0) is 17.1. The molecule has 0 aliphatic carbocycles. The number of methoxy groups -OCH3 is 1. The van der Waals surface area contributed by atoms with Gasteiger partial charge in [0.2, 0.25) is 0 Å². The molecular formula is C22H19NO2. The normalized spacial score (nSPS) is 10.8. The number of furan rings is 1. The molecule has 0 amide bonds. The molecule has 0 atom stereocenters. The summed E-state index contributed by atoms with van der Waals surface area (Å²) in [5.41, 5.74) is 5.44. The number of hydrogen-bond donors (Lipinski definition) is 1. The first kappa shape index (κ1) is 15.3. The monoisotopic (exact) mass is 329 g/mol. The maximum absolute atomic E-state index is 5.71. The first-order valence-electron chi connectivity index (χ1n) is 8.27. The molecule has 25 heavy (non-hydrogen) atoms. The van der Waals surface area contributed by atoms with Crippen molar-refractivity contribution in [1.29, 1.82) is 0 Å². The first-order chi connectivity index (χ1) is 12.3. The van der Waals surface area contributed by atoms with E-state index in [1.165, 1.54) is 5.56 Å². The zero-order valence-corrected chi connectivity index (χ0v) is 14.0. The van der Waals surface area contributed by atoms with Crippen LogP contribution in [0.1, 0.15) is 5.56 Å². The van der Waals surface area contributed by atoms with Crippen LogP contribution in [-0.2, 0) is 6.54 Å².